The summed E-state index contributed by atoms with van der Waals surface area (Å²) >= 11 is 0. The van der Waals surface area contributed by atoms with Gasteiger partial charge >= 0.3 is 7.12 Å². The molecule has 0 saturated carbocycles. The van der Waals surface area contributed by atoms with Gasteiger partial charge < -0.3 is 9.31 Å². The molecule has 1 heterocycles. The molecule has 0 radical (unpaired) electrons. The minimum absolute atomic E-state index is 0.427. The lowest BCUT2D eigenvalue weighted by molar-refractivity contribution is 0.00578. The van der Waals surface area contributed by atoms with Gasteiger partial charge in [0.05, 0.1) is 11.2 Å². The minimum Gasteiger partial charge on any atom is -0.399 e. The standard InChI is InChI=1S/C48H35BO2/c1-47(2)48(3,4)51-49(50-47)39-26-25-36-43-33(39)22-14-24-35(43)45-40(28-15-7-5-8-16-28)38-27-37-31-20-12-11-19-30(31)32-21-13-23-34(42(32)37)44(38)41(46(36)45)29-17-9-6-10-18-29/h5-27H,1-4H3. The number of benzene rings is 8. The van der Waals surface area contributed by atoms with Gasteiger partial charge in [-0.15, -0.1) is 0 Å². The SMILES string of the molecule is CC1(C)OB(c2ccc3c4c(-c5ccccc5)c5c(cc6c7ccccc7c7cccc5c76)c(-c5ccccc5)c4c4cccc2c43)OC1(C)C. The fourth-order valence-corrected chi connectivity index (χ4v) is 9.21. The lowest BCUT2D eigenvalue weighted by atomic mass is 9.75. The molecule has 1 aliphatic heterocycles. The van der Waals surface area contributed by atoms with Gasteiger partial charge in [-0.3, -0.25) is 0 Å². The molecule has 242 valence electrons. The molecule has 1 saturated heterocycles. The van der Waals surface area contributed by atoms with Crippen molar-refractivity contribution in [2.45, 2.75) is 38.9 Å². The maximum Gasteiger partial charge on any atom is 0.495 e. The molecular formula is C48H35BO2. The molecule has 1 aliphatic rings. The summed E-state index contributed by atoms with van der Waals surface area (Å²) in [6.07, 6.45) is 0. The van der Waals surface area contributed by atoms with E-state index in [0.29, 0.717) is 0 Å². The van der Waals surface area contributed by atoms with Crippen LogP contribution in [0.4, 0.5) is 0 Å². The van der Waals surface area contributed by atoms with Crippen LogP contribution in [0.15, 0.2) is 140 Å². The Morgan fingerprint density at radius 3 is 1.49 bits per heavy atom. The third-order valence-corrected chi connectivity index (χ3v) is 12.2. The summed E-state index contributed by atoms with van der Waals surface area (Å²) in [5.41, 5.74) is 5.26. The summed E-state index contributed by atoms with van der Waals surface area (Å²) in [7, 11) is -0.452. The fraction of sp³-hybridized carbons (Fsp3) is 0.125. The van der Waals surface area contributed by atoms with Gasteiger partial charge in [0.15, 0.2) is 0 Å². The summed E-state index contributed by atoms with van der Waals surface area (Å²) in [4.78, 5) is 0. The van der Waals surface area contributed by atoms with Crippen LogP contribution in [0.2, 0.25) is 0 Å². The highest BCUT2D eigenvalue weighted by Crippen LogP contribution is 2.54. The van der Waals surface area contributed by atoms with Crippen LogP contribution in [0.25, 0.3) is 97.7 Å². The monoisotopic (exact) mass is 654 g/mol. The van der Waals surface area contributed by atoms with E-state index in [1.165, 1.54) is 97.7 Å². The third-order valence-electron chi connectivity index (χ3n) is 12.2. The number of rotatable bonds is 3. The molecule has 1 fully saturated rings. The van der Waals surface area contributed by atoms with Crippen molar-refractivity contribution >= 4 is 88.0 Å². The van der Waals surface area contributed by atoms with Crippen LogP contribution in [0, 0.1) is 0 Å². The van der Waals surface area contributed by atoms with Crippen molar-refractivity contribution < 1.29 is 9.31 Å². The summed E-state index contributed by atoms with van der Waals surface area (Å²) in [6.45, 7) is 8.52. The summed E-state index contributed by atoms with van der Waals surface area (Å²) in [5, 5.41) is 18.1. The molecule has 2 nitrogen and oxygen atoms in total. The lowest BCUT2D eigenvalue weighted by Crippen LogP contribution is -2.41. The topological polar surface area (TPSA) is 18.5 Å². The van der Waals surface area contributed by atoms with Crippen LogP contribution in [0.5, 0.6) is 0 Å². The highest BCUT2D eigenvalue weighted by atomic mass is 16.7. The highest BCUT2D eigenvalue weighted by molar-refractivity contribution is 6.66. The van der Waals surface area contributed by atoms with Gasteiger partial charge in [-0.05, 0) is 137 Å². The molecule has 0 atom stereocenters. The van der Waals surface area contributed by atoms with E-state index in [2.05, 4.69) is 167 Å². The van der Waals surface area contributed by atoms with E-state index >= 15 is 0 Å². The first-order valence-electron chi connectivity index (χ1n) is 18.0. The zero-order chi connectivity index (χ0) is 34.2. The molecule has 0 amide bonds. The van der Waals surface area contributed by atoms with Crippen molar-refractivity contribution in [1.29, 1.82) is 0 Å². The highest BCUT2D eigenvalue weighted by Gasteiger charge is 2.52. The van der Waals surface area contributed by atoms with Crippen molar-refractivity contribution in [1.82, 2.24) is 0 Å². The molecule has 0 unspecified atom stereocenters. The second-order valence-corrected chi connectivity index (χ2v) is 15.4. The Labute approximate surface area is 297 Å². The molecule has 51 heavy (non-hydrogen) atoms. The molecule has 3 heteroatoms. The molecule has 10 aromatic rings. The summed E-state index contributed by atoms with van der Waals surface area (Å²) in [6, 6.07) is 51.8. The van der Waals surface area contributed by atoms with E-state index in [9.17, 15) is 0 Å². The summed E-state index contributed by atoms with van der Waals surface area (Å²) in [5.74, 6) is 0. The molecule has 0 N–H and O–H groups in total. The van der Waals surface area contributed by atoms with E-state index in [0.717, 1.165) is 5.46 Å². The first-order valence-corrected chi connectivity index (χ1v) is 18.0. The van der Waals surface area contributed by atoms with Crippen molar-refractivity contribution in [2.75, 3.05) is 0 Å². The Hall–Kier alpha value is -5.48. The van der Waals surface area contributed by atoms with Gasteiger partial charge in [-0.1, -0.05) is 133 Å². The summed E-state index contributed by atoms with van der Waals surface area (Å²) < 4.78 is 13.3. The second-order valence-electron chi connectivity index (χ2n) is 15.4. The van der Waals surface area contributed by atoms with Crippen LogP contribution in [0.3, 0.4) is 0 Å². The maximum absolute atomic E-state index is 6.67. The van der Waals surface area contributed by atoms with Crippen LogP contribution in [0.1, 0.15) is 27.7 Å². The van der Waals surface area contributed by atoms with Gasteiger partial charge in [-0.25, -0.2) is 0 Å². The first kappa shape index (κ1) is 29.3. The van der Waals surface area contributed by atoms with E-state index in [-0.39, 0.29) is 0 Å². The van der Waals surface area contributed by atoms with Gasteiger partial charge in [-0.2, -0.15) is 0 Å². The number of hydrogen-bond acceptors (Lipinski definition) is 2. The predicted molar refractivity (Wildman–Crippen MR) is 218 cm³/mol. The molecule has 0 aromatic heterocycles. The van der Waals surface area contributed by atoms with E-state index in [4.69, 9.17) is 9.31 Å². The predicted octanol–water partition coefficient (Wildman–Crippen LogP) is 12.3. The van der Waals surface area contributed by atoms with Gasteiger partial charge in [0.2, 0.25) is 0 Å². The number of hydrogen-bond donors (Lipinski definition) is 0. The zero-order valence-electron chi connectivity index (χ0n) is 29.2. The van der Waals surface area contributed by atoms with Crippen LogP contribution >= 0.6 is 0 Å². The largest absolute Gasteiger partial charge is 0.495 e. The van der Waals surface area contributed by atoms with Gasteiger partial charge in [0.1, 0.15) is 0 Å². The lowest BCUT2D eigenvalue weighted by Gasteiger charge is -2.32. The van der Waals surface area contributed by atoms with Crippen molar-refractivity contribution in [3.63, 3.8) is 0 Å². The first-order chi connectivity index (χ1) is 24.8. The van der Waals surface area contributed by atoms with Crippen LogP contribution < -0.4 is 5.46 Å². The zero-order valence-corrected chi connectivity index (χ0v) is 29.2. The van der Waals surface area contributed by atoms with Crippen LogP contribution in [-0.2, 0) is 9.31 Å². The minimum atomic E-state index is -0.452. The van der Waals surface area contributed by atoms with E-state index < -0.39 is 18.3 Å². The van der Waals surface area contributed by atoms with Crippen molar-refractivity contribution in [2.24, 2.45) is 0 Å². The Kier molecular flexibility index (Phi) is 5.78. The molecule has 0 bridgehead atoms. The smallest absolute Gasteiger partial charge is 0.399 e. The van der Waals surface area contributed by atoms with Crippen LogP contribution in [-0.4, -0.2) is 18.3 Å². The van der Waals surface area contributed by atoms with E-state index in [1.807, 2.05) is 0 Å². The Morgan fingerprint density at radius 2 is 0.824 bits per heavy atom. The maximum atomic E-state index is 6.67. The number of fused-ring (bicyclic) bond motifs is 8. The molecule has 0 aliphatic carbocycles. The second kappa shape index (κ2) is 10.1. The molecule has 10 aromatic carbocycles. The molecule has 0 spiro atoms. The van der Waals surface area contributed by atoms with E-state index in [1.54, 1.807) is 0 Å². The molecule has 11 rings (SSSR count). The van der Waals surface area contributed by atoms with Crippen molar-refractivity contribution in [3.05, 3.63) is 140 Å². The Bertz CT molecular complexity index is 3000. The van der Waals surface area contributed by atoms with Gasteiger partial charge in [0, 0.05) is 0 Å². The Morgan fingerprint density at radius 1 is 0.353 bits per heavy atom. The van der Waals surface area contributed by atoms with Gasteiger partial charge in [0.25, 0.3) is 0 Å². The molecular weight excluding hydrogens is 619 g/mol. The average Bonchev–Trinajstić information content (AvgIpc) is 3.73. The third kappa shape index (κ3) is 3.80. The average molecular weight is 655 g/mol. The van der Waals surface area contributed by atoms with Crippen molar-refractivity contribution in [3.8, 4) is 22.3 Å². The fourth-order valence-electron chi connectivity index (χ4n) is 9.21. The quantitative estimate of drug-likeness (QED) is 0.139. The normalized spacial score (nSPS) is 16.0. The Balaban J connectivity index is 1.40.